The Morgan fingerprint density at radius 3 is 2.50 bits per heavy atom. The monoisotopic (exact) mass is 229 g/mol. The van der Waals surface area contributed by atoms with Gasteiger partial charge in [0.2, 0.25) is 0 Å². The van der Waals surface area contributed by atoms with Crippen LogP contribution in [-0.4, -0.2) is 14.8 Å². The van der Waals surface area contributed by atoms with Crippen molar-refractivity contribution in [1.29, 1.82) is 0 Å². The van der Waals surface area contributed by atoms with Gasteiger partial charge < -0.3 is 4.57 Å². The van der Waals surface area contributed by atoms with E-state index in [2.05, 4.69) is 30.7 Å². The van der Waals surface area contributed by atoms with Gasteiger partial charge in [0.25, 0.3) is 0 Å². The summed E-state index contributed by atoms with van der Waals surface area (Å²) in [6, 6.07) is 0.634. The Morgan fingerprint density at radius 1 is 1.33 bits per heavy atom. The summed E-state index contributed by atoms with van der Waals surface area (Å²) < 4.78 is 3.08. The fourth-order valence-corrected chi connectivity index (χ4v) is 2.55. The number of nitrogens with zero attached hydrogens (tertiary/aromatic N) is 3. The maximum Gasteiger partial charge on any atom is 0.200 e. The smallest absolute Gasteiger partial charge is 0.200 e. The third-order valence-electron chi connectivity index (χ3n) is 2.51. The van der Waals surface area contributed by atoms with E-state index in [1.807, 2.05) is 6.92 Å². The topological polar surface area (TPSA) is 30.7 Å². The van der Waals surface area contributed by atoms with E-state index in [1.54, 1.807) is 0 Å². The van der Waals surface area contributed by atoms with Gasteiger partial charge in [-0.05, 0) is 35.7 Å². The normalized spacial score (nSPS) is 18.8. The van der Waals surface area contributed by atoms with Crippen LogP contribution in [0.15, 0.2) is 4.73 Å². The predicted molar refractivity (Wildman–Crippen MR) is 50.0 cm³/mol. The zero-order valence-electron chi connectivity index (χ0n) is 7.13. The van der Waals surface area contributed by atoms with Crippen molar-refractivity contribution in [3.63, 3.8) is 0 Å². The molecule has 4 heteroatoms. The van der Waals surface area contributed by atoms with E-state index in [0.29, 0.717) is 6.04 Å². The number of halogens is 1. The summed E-state index contributed by atoms with van der Waals surface area (Å²) in [7, 11) is 0. The molecular weight excluding hydrogens is 218 g/mol. The largest absolute Gasteiger partial charge is 0.303 e. The van der Waals surface area contributed by atoms with Crippen molar-refractivity contribution in [2.24, 2.45) is 0 Å². The first kappa shape index (κ1) is 8.23. The van der Waals surface area contributed by atoms with Gasteiger partial charge >= 0.3 is 0 Å². The molecule has 0 unspecified atom stereocenters. The van der Waals surface area contributed by atoms with Gasteiger partial charge in [0.1, 0.15) is 5.82 Å². The number of hydrogen-bond donors (Lipinski definition) is 0. The van der Waals surface area contributed by atoms with Crippen LogP contribution in [0, 0.1) is 6.92 Å². The van der Waals surface area contributed by atoms with Gasteiger partial charge in [-0.2, -0.15) is 0 Å². The molecule has 1 heterocycles. The molecule has 0 atom stereocenters. The molecule has 0 aliphatic heterocycles. The van der Waals surface area contributed by atoms with E-state index in [1.165, 1.54) is 25.7 Å². The van der Waals surface area contributed by atoms with Crippen molar-refractivity contribution in [2.45, 2.75) is 38.6 Å². The minimum absolute atomic E-state index is 0.634. The van der Waals surface area contributed by atoms with Crippen LogP contribution >= 0.6 is 15.9 Å². The fraction of sp³-hybridized carbons (Fsp3) is 0.750. The van der Waals surface area contributed by atoms with Gasteiger partial charge in [-0.3, -0.25) is 0 Å². The Morgan fingerprint density at radius 2 is 2.00 bits per heavy atom. The fourth-order valence-electron chi connectivity index (χ4n) is 1.92. The maximum absolute atomic E-state index is 4.03. The van der Waals surface area contributed by atoms with Crippen molar-refractivity contribution in [3.05, 3.63) is 10.6 Å². The number of rotatable bonds is 1. The first-order valence-corrected chi connectivity index (χ1v) is 5.15. The molecule has 1 aliphatic carbocycles. The van der Waals surface area contributed by atoms with E-state index in [-0.39, 0.29) is 0 Å². The minimum atomic E-state index is 0.634. The standard InChI is InChI=1S/C8H12BrN3/c1-6-10-11-8(9)12(6)7-4-2-3-5-7/h7H,2-5H2,1H3. The average molecular weight is 230 g/mol. The summed E-state index contributed by atoms with van der Waals surface area (Å²) in [5, 5.41) is 8.02. The van der Waals surface area contributed by atoms with Gasteiger partial charge in [0, 0.05) is 6.04 Å². The van der Waals surface area contributed by atoms with Crippen molar-refractivity contribution in [1.82, 2.24) is 14.8 Å². The molecule has 0 saturated heterocycles. The van der Waals surface area contributed by atoms with Crippen LogP contribution in [0.2, 0.25) is 0 Å². The summed E-state index contributed by atoms with van der Waals surface area (Å²) >= 11 is 3.42. The number of aryl methyl sites for hydroxylation is 1. The Hall–Kier alpha value is -0.380. The molecule has 0 spiro atoms. The van der Waals surface area contributed by atoms with Crippen LogP contribution in [0.1, 0.15) is 37.5 Å². The van der Waals surface area contributed by atoms with Crippen LogP contribution in [-0.2, 0) is 0 Å². The summed E-state index contributed by atoms with van der Waals surface area (Å²) in [6.45, 7) is 2.01. The van der Waals surface area contributed by atoms with Gasteiger partial charge in [0.05, 0.1) is 0 Å². The highest BCUT2D eigenvalue weighted by Crippen LogP contribution is 2.32. The summed E-state index contributed by atoms with van der Waals surface area (Å²) in [6.07, 6.45) is 5.23. The zero-order chi connectivity index (χ0) is 8.55. The lowest BCUT2D eigenvalue weighted by atomic mass is 10.2. The van der Waals surface area contributed by atoms with E-state index in [9.17, 15) is 0 Å². The second-order valence-corrected chi connectivity index (χ2v) is 4.03. The molecule has 3 nitrogen and oxygen atoms in total. The number of aromatic nitrogens is 3. The van der Waals surface area contributed by atoms with Gasteiger partial charge in [-0.1, -0.05) is 12.8 Å². The molecule has 2 rings (SSSR count). The van der Waals surface area contributed by atoms with Crippen molar-refractivity contribution >= 4 is 15.9 Å². The molecule has 0 radical (unpaired) electrons. The molecule has 0 amide bonds. The first-order valence-electron chi connectivity index (χ1n) is 4.36. The molecule has 0 aromatic carbocycles. The number of hydrogen-bond acceptors (Lipinski definition) is 2. The molecule has 12 heavy (non-hydrogen) atoms. The molecule has 1 aliphatic rings. The predicted octanol–water partition coefficient (Wildman–Crippen LogP) is 2.46. The van der Waals surface area contributed by atoms with Crippen LogP contribution < -0.4 is 0 Å². The van der Waals surface area contributed by atoms with Crippen LogP contribution in [0.3, 0.4) is 0 Å². The Labute approximate surface area is 80.3 Å². The quantitative estimate of drug-likeness (QED) is 0.741. The van der Waals surface area contributed by atoms with Crippen LogP contribution in [0.25, 0.3) is 0 Å². The third-order valence-corrected chi connectivity index (χ3v) is 3.06. The molecule has 1 aromatic rings. The summed E-state index contributed by atoms with van der Waals surface area (Å²) in [4.78, 5) is 0. The third kappa shape index (κ3) is 1.28. The van der Waals surface area contributed by atoms with E-state index in [0.717, 1.165) is 10.6 Å². The highest BCUT2D eigenvalue weighted by Gasteiger charge is 2.20. The van der Waals surface area contributed by atoms with Crippen molar-refractivity contribution in [2.75, 3.05) is 0 Å². The molecule has 0 N–H and O–H groups in total. The Balaban J connectivity index is 2.30. The highest BCUT2D eigenvalue weighted by atomic mass is 79.9. The van der Waals surface area contributed by atoms with Gasteiger partial charge in [0.15, 0.2) is 4.73 Å². The molecule has 66 valence electrons. The van der Waals surface area contributed by atoms with Crippen molar-refractivity contribution < 1.29 is 0 Å². The molecule has 1 fully saturated rings. The van der Waals surface area contributed by atoms with Crippen molar-refractivity contribution in [3.8, 4) is 0 Å². The molecule has 1 aromatic heterocycles. The average Bonchev–Trinajstić information content (AvgIpc) is 2.61. The Bertz CT molecular complexity index is 256. The summed E-state index contributed by atoms with van der Waals surface area (Å²) in [5.74, 6) is 1.02. The van der Waals surface area contributed by atoms with E-state index >= 15 is 0 Å². The van der Waals surface area contributed by atoms with Crippen LogP contribution in [0.5, 0.6) is 0 Å². The first-order chi connectivity index (χ1) is 5.79. The second-order valence-electron chi connectivity index (χ2n) is 3.32. The SMILES string of the molecule is Cc1nnc(Br)n1C1CCCC1. The Kier molecular flexibility index (Phi) is 2.17. The lowest BCUT2D eigenvalue weighted by molar-refractivity contribution is 0.496. The van der Waals surface area contributed by atoms with E-state index in [4.69, 9.17) is 0 Å². The molecule has 0 bridgehead atoms. The highest BCUT2D eigenvalue weighted by molar-refractivity contribution is 9.10. The van der Waals surface area contributed by atoms with Gasteiger partial charge in [-0.15, -0.1) is 10.2 Å². The maximum atomic E-state index is 4.03. The van der Waals surface area contributed by atoms with Gasteiger partial charge in [-0.25, -0.2) is 0 Å². The zero-order valence-corrected chi connectivity index (χ0v) is 8.71. The molecular formula is C8H12BrN3. The molecule has 1 saturated carbocycles. The minimum Gasteiger partial charge on any atom is -0.303 e. The lowest BCUT2D eigenvalue weighted by Gasteiger charge is -2.12. The van der Waals surface area contributed by atoms with E-state index < -0.39 is 0 Å². The van der Waals surface area contributed by atoms with Crippen LogP contribution in [0.4, 0.5) is 0 Å². The lowest BCUT2D eigenvalue weighted by Crippen LogP contribution is -2.06. The second kappa shape index (κ2) is 3.17. The summed E-state index contributed by atoms with van der Waals surface area (Å²) in [5.41, 5.74) is 0.